The molecule has 0 bridgehead atoms. The minimum absolute atomic E-state index is 0.0621. The molecule has 0 aliphatic heterocycles. The van der Waals surface area contributed by atoms with E-state index in [4.69, 9.17) is 4.74 Å². The summed E-state index contributed by atoms with van der Waals surface area (Å²) in [7, 11) is 0. The maximum atomic E-state index is 13.2. The SMILES string of the molecule is CC/C=C/C/C=C/C/C=C/CCCCCCCCC(=O)OC(CCCCCCC/C=C\C/C=C\CCCCC)CC(=O)NC(CO)C(O)CCCCCCCCCCCCCCC. The number of esters is 1. The molecule has 0 aromatic carbocycles. The van der Waals surface area contributed by atoms with Crippen LogP contribution in [0.15, 0.2) is 60.8 Å². The van der Waals surface area contributed by atoms with Gasteiger partial charge in [0, 0.05) is 6.42 Å². The predicted molar refractivity (Wildman–Crippen MR) is 273 cm³/mol. The highest BCUT2D eigenvalue weighted by Crippen LogP contribution is 2.18. The molecular formula is C57H103NO5. The van der Waals surface area contributed by atoms with Crippen molar-refractivity contribution in [2.75, 3.05) is 6.61 Å². The second-order valence-electron chi connectivity index (χ2n) is 18.2. The molecule has 0 spiro atoms. The van der Waals surface area contributed by atoms with Gasteiger partial charge in [0.15, 0.2) is 0 Å². The quantitative estimate of drug-likeness (QED) is 0.0321. The Morgan fingerprint density at radius 1 is 0.476 bits per heavy atom. The van der Waals surface area contributed by atoms with E-state index in [1.807, 2.05) is 0 Å². The van der Waals surface area contributed by atoms with Gasteiger partial charge in [-0.25, -0.2) is 0 Å². The van der Waals surface area contributed by atoms with Gasteiger partial charge in [-0.1, -0.05) is 223 Å². The number of ether oxygens (including phenoxy) is 1. The Balaban J connectivity index is 4.62. The predicted octanol–water partition coefficient (Wildman–Crippen LogP) is 16.4. The second-order valence-corrected chi connectivity index (χ2v) is 18.2. The number of hydrogen-bond acceptors (Lipinski definition) is 5. The molecule has 3 unspecified atom stereocenters. The van der Waals surface area contributed by atoms with Crippen molar-refractivity contribution >= 4 is 11.9 Å². The zero-order valence-electron chi connectivity index (χ0n) is 41.7. The smallest absolute Gasteiger partial charge is 0.306 e. The third-order valence-electron chi connectivity index (χ3n) is 12.1. The fraction of sp³-hybridized carbons (Fsp3) is 0.789. The van der Waals surface area contributed by atoms with Crippen molar-refractivity contribution in [1.82, 2.24) is 5.32 Å². The van der Waals surface area contributed by atoms with Gasteiger partial charge in [0.1, 0.15) is 6.10 Å². The van der Waals surface area contributed by atoms with Gasteiger partial charge in [-0.3, -0.25) is 9.59 Å². The summed E-state index contributed by atoms with van der Waals surface area (Å²) in [5, 5.41) is 23.8. The summed E-state index contributed by atoms with van der Waals surface area (Å²) in [5.41, 5.74) is 0. The molecule has 0 aromatic heterocycles. The molecule has 0 heterocycles. The second kappa shape index (κ2) is 50.6. The molecule has 0 saturated carbocycles. The molecule has 1 amide bonds. The van der Waals surface area contributed by atoms with Crippen LogP contribution in [0.5, 0.6) is 0 Å². The van der Waals surface area contributed by atoms with Crippen LogP contribution in [0.4, 0.5) is 0 Å². The number of amides is 1. The number of unbranched alkanes of at least 4 members (excludes halogenated alkanes) is 26. The minimum Gasteiger partial charge on any atom is -0.462 e. The van der Waals surface area contributed by atoms with E-state index in [0.29, 0.717) is 19.3 Å². The summed E-state index contributed by atoms with van der Waals surface area (Å²) in [6, 6.07) is -0.710. The lowest BCUT2D eigenvalue weighted by Crippen LogP contribution is -2.46. The summed E-state index contributed by atoms with van der Waals surface area (Å²) < 4.78 is 5.94. The standard InChI is InChI=1S/C57H103NO5/c1-4-7-10-13-16-19-22-25-27-29-32-35-38-41-44-47-50-57(62)63-53(48-45-42-39-36-33-31-28-26-23-20-17-14-11-8-5-2)51-56(61)58-54(52-59)55(60)49-46-43-40-37-34-30-24-21-18-15-12-9-6-3/h7,10,16-17,19-20,25-28,53-55,59-60H,4-6,8-9,11-15,18,21-24,29-52H2,1-3H3,(H,58,61)/b10-7+,19-16+,20-17-,27-25+,28-26-. The first-order chi connectivity index (χ1) is 31.0. The Kier molecular flexibility index (Phi) is 48.6. The van der Waals surface area contributed by atoms with Crippen molar-refractivity contribution < 1.29 is 24.5 Å². The van der Waals surface area contributed by atoms with Crippen LogP contribution in [0, 0.1) is 0 Å². The molecule has 0 saturated heterocycles. The highest BCUT2D eigenvalue weighted by molar-refractivity contribution is 5.77. The number of aliphatic hydroxyl groups is 2. The average molecular weight is 882 g/mol. The maximum Gasteiger partial charge on any atom is 0.306 e. The molecule has 6 nitrogen and oxygen atoms in total. The number of carbonyl (C=O) groups excluding carboxylic acids is 2. The van der Waals surface area contributed by atoms with E-state index < -0.39 is 18.2 Å². The first-order valence-corrected chi connectivity index (χ1v) is 27.0. The van der Waals surface area contributed by atoms with Crippen molar-refractivity contribution in [3.8, 4) is 0 Å². The molecule has 63 heavy (non-hydrogen) atoms. The zero-order valence-corrected chi connectivity index (χ0v) is 41.7. The summed E-state index contributed by atoms with van der Waals surface area (Å²) in [4.78, 5) is 26.2. The van der Waals surface area contributed by atoms with Gasteiger partial charge in [-0.2, -0.15) is 0 Å². The van der Waals surface area contributed by atoms with Gasteiger partial charge in [-0.05, 0) is 89.9 Å². The van der Waals surface area contributed by atoms with Crippen LogP contribution in [0.2, 0.25) is 0 Å². The van der Waals surface area contributed by atoms with E-state index in [1.54, 1.807) is 0 Å². The Hall–Kier alpha value is -2.44. The van der Waals surface area contributed by atoms with Crippen LogP contribution in [-0.2, 0) is 14.3 Å². The van der Waals surface area contributed by atoms with Crippen LogP contribution in [0.25, 0.3) is 0 Å². The summed E-state index contributed by atoms with van der Waals surface area (Å²) >= 11 is 0. The molecule has 0 fully saturated rings. The highest BCUT2D eigenvalue weighted by Gasteiger charge is 2.24. The molecule has 366 valence electrons. The topological polar surface area (TPSA) is 95.9 Å². The monoisotopic (exact) mass is 882 g/mol. The van der Waals surface area contributed by atoms with Gasteiger partial charge in [0.2, 0.25) is 5.91 Å². The lowest BCUT2D eigenvalue weighted by molar-refractivity contribution is -0.151. The summed E-state index contributed by atoms with van der Waals surface area (Å²) in [5.74, 6) is -0.498. The molecule has 0 radical (unpaired) electrons. The Morgan fingerprint density at radius 2 is 0.857 bits per heavy atom. The normalized spacial score (nSPS) is 13.7. The number of allylic oxidation sites excluding steroid dienone is 10. The van der Waals surface area contributed by atoms with E-state index in [1.165, 1.54) is 122 Å². The van der Waals surface area contributed by atoms with Crippen LogP contribution in [-0.4, -0.2) is 46.9 Å². The van der Waals surface area contributed by atoms with E-state index in [-0.39, 0.29) is 24.9 Å². The molecule has 0 aliphatic carbocycles. The Labute approximate surface area is 390 Å². The fourth-order valence-electron chi connectivity index (χ4n) is 8.00. The molecule has 6 heteroatoms. The fourth-order valence-corrected chi connectivity index (χ4v) is 8.00. The molecule has 0 rings (SSSR count). The molecule has 0 aliphatic rings. The molecule has 3 N–H and O–H groups in total. The number of hydrogen-bond donors (Lipinski definition) is 3. The van der Waals surface area contributed by atoms with Crippen LogP contribution in [0.1, 0.15) is 265 Å². The highest BCUT2D eigenvalue weighted by atomic mass is 16.5. The van der Waals surface area contributed by atoms with Crippen molar-refractivity contribution in [3.63, 3.8) is 0 Å². The van der Waals surface area contributed by atoms with Crippen molar-refractivity contribution in [2.45, 2.75) is 283 Å². The number of carbonyl (C=O) groups is 2. The van der Waals surface area contributed by atoms with E-state index >= 15 is 0 Å². The van der Waals surface area contributed by atoms with Crippen molar-refractivity contribution in [2.24, 2.45) is 0 Å². The lowest BCUT2D eigenvalue weighted by Gasteiger charge is -2.24. The van der Waals surface area contributed by atoms with Crippen LogP contribution >= 0.6 is 0 Å². The third kappa shape index (κ3) is 45.9. The average Bonchev–Trinajstić information content (AvgIpc) is 3.28. The van der Waals surface area contributed by atoms with Gasteiger partial charge in [0.05, 0.1) is 25.2 Å². The third-order valence-corrected chi connectivity index (χ3v) is 12.1. The van der Waals surface area contributed by atoms with E-state index in [0.717, 1.165) is 96.3 Å². The van der Waals surface area contributed by atoms with Crippen molar-refractivity contribution in [1.29, 1.82) is 0 Å². The van der Waals surface area contributed by atoms with Crippen LogP contribution in [0.3, 0.4) is 0 Å². The number of rotatable bonds is 48. The number of aliphatic hydroxyl groups excluding tert-OH is 2. The zero-order chi connectivity index (χ0) is 45.9. The Morgan fingerprint density at radius 3 is 1.33 bits per heavy atom. The van der Waals surface area contributed by atoms with Crippen LogP contribution < -0.4 is 5.32 Å². The minimum atomic E-state index is -0.795. The maximum absolute atomic E-state index is 13.2. The van der Waals surface area contributed by atoms with Gasteiger partial charge in [-0.15, -0.1) is 0 Å². The first-order valence-electron chi connectivity index (χ1n) is 27.0. The lowest BCUT2D eigenvalue weighted by atomic mass is 10.0. The van der Waals surface area contributed by atoms with Gasteiger partial charge in [0.25, 0.3) is 0 Å². The van der Waals surface area contributed by atoms with Gasteiger partial charge >= 0.3 is 5.97 Å². The van der Waals surface area contributed by atoms with E-state index in [2.05, 4.69) is 86.8 Å². The van der Waals surface area contributed by atoms with E-state index in [9.17, 15) is 19.8 Å². The molecular weight excluding hydrogens is 779 g/mol. The Bertz CT molecular complexity index is 1130. The molecule has 0 aromatic rings. The largest absolute Gasteiger partial charge is 0.462 e. The summed E-state index contributed by atoms with van der Waals surface area (Å²) in [6.07, 6.45) is 62.7. The first kappa shape index (κ1) is 60.6. The van der Waals surface area contributed by atoms with Gasteiger partial charge < -0.3 is 20.3 Å². The van der Waals surface area contributed by atoms with Crippen molar-refractivity contribution in [3.05, 3.63) is 60.8 Å². The number of nitrogens with one attached hydrogen (secondary N) is 1. The summed E-state index contributed by atoms with van der Waals surface area (Å²) in [6.45, 7) is 6.35. The molecule has 3 atom stereocenters.